The van der Waals surface area contributed by atoms with Crippen molar-refractivity contribution in [3.8, 4) is 0 Å². The van der Waals surface area contributed by atoms with Gasteiger partial charge in [0.1, 0.15) is 0 Å². The maximum atomic E-state index is 4.17. The molecule has 0 amide bonds. The van der Waals surface area contributed by atoms with Crippen LogP contribution in [0.5, 0.6) is 0 Å². The number of hydrogen-bond acceptors (Lipinski definition) is 2. The zero-order chi connectivity index (χ0) is 56.8. The Kier molecular flexibility index (Phi) is 18.1. The Labute approximate surface area is 488 Å². The van der Waals surface area contributed by atoms with Crippen molar-refractivity contribution in [1.82, 2.24) is 0 Å². The van der Waals surface area contributed by atoms with Crippen LogP contribution in [0.3, 0.4) is 0 Å². The van der Waals surface area contributed by atoms with E-state index in [0.717, 1.165) is 63.3 Å². The minimum Gasteiger partial charge on any atom is -0.337 e. The van der Waals surface area contributed by atoms with Gasteiger partial charge in [-0.2, -0.15) is 0 Å². The molecule has 0 saturated carbocycles. The molecule has 0 aromatic heterocycles. The molecule has 1 aliphatic carbocycles. The maximum Gasteiger partial charge on any atom is 0.0482 e. The first-order chi connectivity index (χ1) is 40.1. The predicted octanol–water partition coefficient (Wildman–Crippen LogP) is 21.6. The van der Waals surface area contributed by atoms with Gasteiger partial charge in [-0.05, 0) is 190 Å². The fraction of sp³-hybridized carbons (Fsp3) is 0.125. The monoisotopic (exact) mass is 1060 g/mol. The van der Waals surface area contributed by atoms with Crippen LogP contribution in [0.4, 0.5) is 22.7 Å². The Bertz CT molecular complexity index is 3770. The Morgan fingerprint density at radius 3 is 1.44 bits per heavy atom. The number of benzene rings is 9. The first-order valence-corrected chi connectivity index (χ1v) is 28.9. The summed E-state index contributed by atoms with van der Waals surface area (Å²) < 4.78 is 0. The molecule has 0 bridgehead atoms. The van der Waals surface area contributed by atoms with Crippen LogP contribution in [0.2, 0.25) is 0 Å². The van der Waals surface area contributed by atoms with Crippen molar-refractivity contribution in [2.45, 2.75) is 54.4 Å². The van der Waals surface area contributed by atoms with Crippen molar-refractivity contribution in [1.29, 1.82) is 0 Å². The molecule has 0 aliphatic heterocycles. The average Bonchev–Trinajstić information content (AvgIpc) is 3.66. The van der Waals surface area contributed by atoms with Crippen molar-refractivity contribution in [3.05, 3.63) is 351 Å². The lowest BCUT2D eigenvalue weighted by molar-refractivity contribution is 0.687. The quantitative estimate of drug-likeness (QED) is 0.0588. The Hall–Kier alpha value is -9.50. The molecule has 1 unspecified atom stereocenters. The molecular weight excluding hydrogens is 989 g/mol. The Morgan fingerprint density at radius 1 is 0.500 bits per heavy atom. The first-order valence-electron chi connectivity index (χ1n) is 28.9. The summed E-state index contributed by atoms with van der Waals surface area (Å²) in [6.07, 6.45) is 22.0. The van der Waals surface area contributed by atoms with Gasteiger partial charge in [0.05, 0.1) is 0 Å². The molecule has 0 heterocycles. The van der Waals surface area contributed by atoms with Gasteiger partial charge in [-0.1, -0.05) is 257 Å². The summed E-state index contributed by atoms with van der Waals surface area (Å²) in [5.41, 5.74) is 26.6. The van der Waals surface area contributed by atoms with Gasteiger partial charge in [0, 0.05) is 35.0 Å². The molecule has 404 valence electrons. The zero-order valence-corrected chi connectivity index (χ0v) is 48.4. The van der Waals surface area contributed by atoms with E-state index >= 15 is 0 Å². The highest BCUT2D eigenvalue weighted by atomic mass is 15.2. The number of allylic oxidation sites excluding steroid dienone is 5. The minimum atomic E-state index is 0.509. The second kappa shape index (κ2) is 26.6. The highest BCUT2D eigenvalue weighted by molar-refractivity contribution is 5.92. The highest BCUT2D eigenvalue weighted by Crippen LogP contribution is 2.40. The topological polar surface area (TPSA) is 6.48 Å². The molecule has 82 heavy (non-hydrogen) atoms. The normalized spacial score (nSPS) is 13.5. The van der Waals surface area contributed by atoms with E-state index < -0.39 is 0 Å². The summed E-state index contributed by atoms with van der Waals surface area (Å²) in [4.78, 5) is 4.93. The molecule has 1 atom stereocenters. The van der Waals surface area contributed by atoms with Gasteiger partial charge in [0.25, 0.3) is 0 Å². The molecule has 2 heteroatoms. The molecule has 2 nitrogen and oxygen atoms in total. The molecule has 9 aromatic rings. The lowest BCUT2D eigenvalue weighted by Gasteiger charge is -2.33. The van der Waals surface area contributed by atoms with E-state index in [1.165, 1.54) is 72.6 Å². The lowest BCUT2D eigenvalue weighted by Crippen LogP contribution is -2.22. The third kappa shape index (κ3) is 13.7. The van der Waals surface area contributed by atoms with Crippen LogP contribution < -0.4 is 9.80 Å². The third-order valence-electron chi connectivity index (χ3n) is 15.3. The van der Waals surface area contributed by atoms with Crippen LogP contribution in [-0.2, 0) is 6.42 Å². The molecule has 0 fully saturated rings. The predicted molar refractivity (Wildman–Crippen MR) is 356 cm³/mol. The zero-order valence-electron chi connectivity index (χ0n) is 48.4. The van der Waals surface area contributed by atoms with E-state index in [9.17, 15) is 0 Å². The second-order valence-corrected chi connectivity index (χ2v) is 21.7. The van der Waals surface area contributed by atoms with Crippen molar-refractivity contribution < 1.29 is 0 Å². The molecule has 10 rings (SSSR count). The standard InChI is InChI=1S/C80H74N2/c1-8-23-68(56-78(72-30-18-12-19-31-72)73-32-20-13-21-33-73)57-81(80-62(7)52-59(4)53-69(80)9-2)74-44-38-63(39-45-74)34-36-65-24-22-25-66(54-65)37-35-64-40-46-75(47-41-64)82(79-60(5)50-58(3)51-61(79)6)76-48-42-67(43-49-76)55-77(70-26-14-10-15-27-70)71-28-16-11-17-29-71/h8,10-50,52-56,58H,1,9,51,57H2,2-7H3/b36-34+,37-35+,68-23-. The smallest absolute Gasteiger partial charge is 0.0482 e. The Balaban J connectivity index is 0.881. The van der Waals surface area contributed by atoms with Crippen LogP contribution >= 0.6 is 0 Å². The van der Waals surface area contributed by atoms with Crippen molar-refractivity contribution in [2.75, 3.05) is 16.3 Å². The van der Waals surface area contributed by atoms with Crippen LogP contribution in [0.15, 0.2) is 284 Å². The molecule has 0 spiro atoms. The molecule has 9 aromatic carbocycles. The van der Waals surface area contributed by atoms with E-state index in [0.29, 0.717) is 12.5 Å². The summed E-state index contributed by atoms with van der Waals surface area (Å²) in [7, 11) is 0. The Morgan fingerprint density at radius 2 is 0.963 bits per heavy atom. The van der Waals surface area contributed by atoms with Crippen LogP contribution in [0.1, 0.15) is 101 Å². The van der Waals surface area contributed by atoms with Gasteiger partial charge in [-0.25, -0.2) is 0 Å². The summed E-state index contributed by atoms with van der Waals surface area (Å²) in [5.74, 6) is 0.509. The summed E-state index contributed by atoms with van der Waals surface area (Å²) in [5, 5.41) is 0. The summed E-state index contributed by atoms with van der Waals surface area (Å²) in [6, 6.07) is 83.1. The SMILES string of the molecule is C=C/C=C(/C=C(c1ccccc1)c1ccccc1)CN(c1ccc(/C=C/c2cccc(/C=C/c3ccc(N(C4=C(C)CC(C)C=C4C)c4ccc(C=C(c5ccccc5)c5ccccc5)cc4)cc3)c2)cc1)c1c(C)cc(C)cc1CC. The van der Waals surface area contributed by atoms with Crippen molar-refractivity contribution >= 4 is 64.3 Å². The fourth-order valence-corrected chi connectivity index (χ4v) is 11.6. The molecule has 1 aliphatic rings. The van der Waals surface area contributed by atoms with E-state index in [1.807, 2.05) is 6.08 Å². The maximum absolute atomic E-state index is 4.17. The number of nitrogens with zero attached hydrogens (tertiary/aromatic N) is 2. The number of rotatable bonds is 19. The summed E-state index contributed by atoms with van der Waals surface area (Å²) in [6.45, 7) is 18.4. The van der Waals surface area contributed by atoms with Gasteiger partial charge in [0.15, 0.2) is 0 Å². The van der Waals surface area contributed by atoms with Crippen molar-refractivity contribution in [2.24, 2.45) is 5.92 Å². The van der Waals surface area contributed by atoms with Gasteiger partial charge in [-0.3, -0.25) is 0 Å². The third-order valence-corrected chi connectivity index (χ3v) is 15.3. The highest BCUT2D eigenvalue weighted by Gasteiger charge is 2.24. The van der Waals surface area contributed by atoms with Crippen LogP contribution in [0, 0.1) is 19.8 Å². The van der Waals surface area contributed by atoms with E-state index in [4.69, 9.17) is 0 Å². The minimum absolute atomic E-state index is 0.509. The average molecular weight is 1060 g/mol. The summed E-state index contributed by atoms with van der Waals surface area (Å²) >= 11 is 0. The molecule has 0 N–H and O–H groups in total. The van der Waals surface area contributed by atoms with Gasteiger partial charge in [0.2, 0.25) is 0 Å². The molecule has 0 radical (unpaired) electrons. The van der Waals surface area contributed by atoms with Crippen molar-refractivity contribution in [3.63, 3.8) is 0 Å². The second-order valence-electron chi connectivity index (χ2n) is 21.7. The fourth-order valence-electron chi connectivity index (χ4n) is 11.6. The van der Waals surface area contributed by atoms with Gasteiger partial charge in [-0.15, -0.1) is 0 Å². The van der Waals surface area contributed by atoms with Gasteiger partial charge < -0.3 is 9.80 Å². The largest absolute Gasteiger partial charge is 0.337 e. The van der Waals surface area contributed by atoms with E-state index in [2.05, 4.69) is 337 Å². The molecular formula is C80H74N2. The van der Waals surface area contributed by atoms with Crippen LogP contribution in [0.25, 0.3) is 41.5 Å². The molecule has 0 saturated heterocycles. The van der Waals surface area contributed by atoms with E-state index in [1.54, 1.807) is 0 Å². The van der Waals surface area contributed by atoms with E-state index in [-0.39, 0.29) is 0 Å². The number of anilines is 4. The number of hydrogen-bond donors (Lipinski definition) is 0. The lowest BCUT2D eigenvalue weighted by atomic mass is 9.89. The number of aryl methyl sites for hydroxylation is 3. The van der Waals surface area contributed by atoms with Crippen LogP contribution in [-0.4, -0.2) is 6.54 Å². The van der Waals surface area contributed by atoms with Gasteiger partial charge >= 0.3 is 0 Å². The first kappa shape index (κ1) is 55.8.